The molecule has 1 N–H and O–H groups in total. The minimum atomic E-state index is -0.655. The number of tetrazole rings is 1. The van der Waals surface area contributed by atoms with Gasteiger partial charge >= 0.3 is 29.6 Å². The standard InChI is InChI=1S/C17H16F2N6O.C17H15F2N3O.N3.Na/c18-11-3-10(4-12(19)5-11)13-1-2-20-25(13)15(26)17-7-16(8-17,9-17)6-14-21-23-24-22-14;18-12-5-11(6-13(19)7-12)14-1-4-21-22(14)15(23)17-8-16(9-17,10-17)2-3-20;1-3-2;/h2-5,13H,1,6-9H2,(H,21,22,23,24);4-7,14H,1-2,8-10H2;;/q;;-1;+1. The second kappa shape index (κ2) is 14.3. The van der Waals surface area contributed by atoms with Gasteiger partial charge in [-0.25, -0.2) is 27.6 Å². The summed E-state index contributed by atoms with van der Waals surface area (Å²) < 4.78 is 54.0. The molecule has 2 atom stereocenters. The van der Waals surface area contributed by atoms with E-state index in [1.165, 1.54) is 39.2 Å². The summed E-state index contributed by atoms with van der Waals surface area (Å²) >= 11 is 0. The van der Waals surface area contributed by atoms with Gasteiger partial charge < -0.3 is 11.1 Å². The van der Waals surface area contributed by atoms with Crippen molar-refractivity contribution < 1.29 is 56.7 Å². The Hall–Kier alpha value is -4.69. The number of amides is 2. The summed E-state index contributed by atoms with van der Waals surface area (Å²) in [6, 6.07) is 7.97. The van der Waals surface area contributed by atoms with Crippen molar-refractivity contribution >= 4 is 24.2 Å². The zero-order valence-electron chi connectivity index (χ0n) is 28.6. The molecule has 3 heterocycles. The molecule has 1 aromatic heterocycles. The molecular weight excluding hydrogens is 707 g/mol. The van der Waals surface area contributed by atoms with Gasteiger partial charge in [0.25, 0.3) is 0 Å². The number of rotatable bonds is 7. The van der Waals surface area contributed by atoms with Gasteiger partial charge in [-0.1, -0.05) is 5.21 Å². The first kappa shape index (κ1) is 38.0. The molecule has 2 amide bonds. The van der Waals surface area contributed by atoms with Crippen LogP contribution < -0.4 is 29.6 Å². The average molecular weight is 739 g/mol. The number of nitrogens with one attached hydrogen (secondary N) is 1. The topological polar surface area (TPSA) is 202 Å². The smallest absolute Gasteiger partial charge is 0.373 e. The maximum atomic E-state index is 13.6. The summed E-state index contributed by atoms with van der Waals surface area (Å²) in [5.41, 5.74) is 13.6. The molecule has 2 aliphatic heterocycles. The first-order valence-electron chi connectivity index (χ1n) is 16.6. The molecule has 53 heavy (non-hydrogen) atoms. The Bertz CT molecular complexity index is 1990. The van der Waals surface area contributed by atoms with E-state index in [1.54, 1.807) is 12.4 Å². The number of hydrazone groups is 2. The van der Waals surface area contributed by atoms with Gasteiger partial charge in [0.2, 0.25) is 11.8 Å². The molecule has 6 saturated carbocycles. The Morgan fingerprint density at radius 2 is 1.21 bits per heavy atom. The number of carbonyl (C=O) groups is 2. The van der Waals surface area contributed by atoms with Gasteiger partial charge in [0.05, 0.1) is 29.0 Å². The number of hydrogen-bond acceptors (Lipinski definition) is 8. The molecule has 3 aromatic rings. The predicted molar refractivity (Wildman–Crippen MR) is 174 cm³/mol. The number of aromatic amines is 1. The maximum absolute atomic E-state index is 13.6. The largest absolute Gasteiger partial charge is 1.00 e. The fourth-order valence-electron chi connectivity index (χ4n) is 9.38. The molecule has 2 unspecified atom stereocenters. The second-order valence-corrected chi connectivity index (χ2v) is 14.9. The first-order valence-corrected chi connectivity index (χ1v) is 16.6. The molecular formula is C34H31F4N12NaO2. The number of nitriles is 1. The predicted octanol–water partition coefficient (Wildman–Crippen LogP) is 3.33. The van der Waals surface area contributed by atoms with Gasteiger partial charge in [-0.3, -0.25) is 14.5 Å². The number of aromatic nitrogens is 4. The van der Waals surface area contributed by atoms with Crippen molar-refractivity contribution in [2.45, 2.75) is 76.3 Å². The third-order valence-corrected chi connectivity index (χ3v) is 11.2. The van der Waals surface area contributed by atoms with Crippen molar-refractivity contribution in [1.29, 1.82) is 5.26 Å². The Labute approximate surface area is 322 Å². The minimum absolute atomic E-state index is 0. The van der Waals surface area contributed by atoms with E-state index in [-0.39, 0.29) is 52.2 Å². The number of carbonyl (C=O) groups excluding carboxylic acids is 2. The normalized spacial score (nSPS) is 30.3. The van der Waals surface area contributed by atoms with Crippen molar-refractivity contribution in [1.82, 2.24) is 30.6 Å². The van der Waals surface area contributed by atoms with Crippen LogP contribution in [0, 0.1) is 56.3 Å². The van der Waals surface area contributed by atoms with Crippen LogP contribution in [0.25, 0.3) is 16.0 Å². The van der Waals surface area contributed by atoms with E-state index in [0.29, 0.717) is 42.6 Å². The molecule has 14 nitrogen and oxygen atoms in total. The van der Waals surface area contributed by atoms with E-state index >= 15 is 0 Å². The molecule has 8 aliphatic rings. The van der Waals surface area contributed by atoms with Gasteiger partial charge in [-0.2, -0.15) is 20.7 Å². The van der Waals surface area contributed by atoms with Crippen molar-refractivity contribution in [2.75, 3.05) is 0 Å². The Balaban J connectivity index is 0.000000167. The minimum Gasteiger partial charge on any atom is -0.373 e. The average Bonchev–Trinajstić information content (AvgIpc) is 3.81. The van der Waals surface area contributed by atoms with E-state index in [1.807, 2.05) is 0 Å². The van der Waals surface area contributed by atoms with Gasteiger partial charge in [-0.05, 0) is 84.7 Å². The van der Waals surface area contributed by atoms with Crippen LogP contribution in [-0.4, -0.2) is 54.9 Å². The summed E-state index contributed by atoms with van der Waals surface area (Å²) in [6.07, 6.45) is 9.83. The van der Waals surface area contributed by atoms with E-state index < -0.39 is 46.2 Å². The molecule has 0 spiro atoms. The van der Waals surface area contributed by atoms with Crippen LogP contribution in [0.4, 0.5) is 17.6 Å². The van der Waals surface area contributed by atoms with Crippen molar-refractivity contribution in [3.63, 3.8) is 0 Å². The number of benzene rings is 2. The molecule has 6 aliphatic carbocycles. The van der Waals surface area contributed by atoms with E-state index in [0.717, 1.165) is 50.7 Å². The Morgan fingerprint density at radius 3 is 1.58 bits per heavy atom. The number of halogens is 4. The summed E-state index contributed by atoms with van der Waals surface area (Å²) in [6.45, 7) is 0. The van der Waals surface area contributed by atoms with E-state index in [4.69, 9.17) is 16.3 Å². The monoisotopic (exact) mass is 738 g/mol. The Kier molecular flexibility index (Phi) is 10.2. The zero-order chi connectivity index (χ0) is 36.9. The first-order chi connectivity index (χ1) is 24.9. The quantitative estimate of drug-likeness (QED) is 0.127. The van der Waals surface area contributed by atoms with Gasteiger partial charge in [0, 0.05) is 50.2 Å². The number of H-pyrrole nitrogens is 1. The van der Waals surface area contributed by atoms with Crippen LogP contribution in [-0.2, 0) is 16.0 Å². The fourth-order valence-corrected chi connectivity index (χ4v) is 9.38. The van der Waals surface area contributed by atoms with Gasteiger partial charge in [-0.15, -0.1) is 10.2 Å². The second-order valence-electron chi connectivity index (χ2n) is 14.9. The molecule has 2 aromatic carbocycles. The molecule has 0 saturated heterocycles. The molecule has 268 valence electrons. The van der Waals surface area contributed by atoms with Crippen LogP contribution in [0.15, 0.2) is 46.6 Å². The summed E-state index contributed by atoms with van der Waals surface area (Å²) in [5, 5.41) is 33.9. The third kappa shape index (κ3) is 6.82. The SMILES string of the molecule is N#CCC12CC(C(=O)N3N=CCC3c3cc(F)cc(F)c3)(C1)C2.O=C(N1N=CCC1c1cc(F)cc(F)c1)C12CC(Cc3nn[nH]n3)(C1)C2.[N-]=[N+]=[N-].[Na+]. The van der Waals surface area contributed by atoms with Crippen LogP contribution in [0.2, 0.25) is 0 Å². The summed E-state index contributed by atoms with van der Waals surface area (Å²) in [7, 11) is 0. The van der Waals surface area contributed by atoms with Crippen LogP contribution in [0.1, 0.15) is 86.8 Å². The van der Waals surface area contributed by atoms with Crippen LogP contribution >= 0.6 is 0 Å². The summed E-state index contributed by atoms with van der Waals surface area (Å²) in [5.74, 6) is -2.09. The molecule has 6 fully saturated rings. The van der Waals surface area contributed by atoms with Crippen molar-refractivity contribution in [2.24, 2.45) is 31.9 Å². The molecule has 4 bridgehead atoms. The van der Waals surface area contributed by atoms with Gasteiger partial charge in [0.15, 0.2) is 5.82 Å². The zero-order valence-corrected chi connectivity index (χ0v) is 30.6. The maximum Gasteiger partial charge on any atom is 1.00 e. The van der Waals surface area contributed by atoms with Gasteiger partial charge in [0.1, 0.15) is 23.3 Å². The van der Waals surface area contributed by atoms with Crippen LogP contribution in [0.5, 0.6) is 0 Å². The third-order valence-electron chi connectivity index (χ3n) is 11.2. The Morgan fingerprint density at radius 1 is 0.792 bits per heavy atom. The van der Waals surface area contributed by atoms with Crippen LogP contribution in [0.3, 0.4) is 0 Å². The molecule has 11 rings (SSSR count). The van der Waals surface area contributed by atoms with Crippen molar-refractivity contribution in [3.05, 3.63) is 92.6 Å². The molecule has 0 radical (unpaired) electrons. The fraction of sp³-hybridized carbons (Fsp3) is 0.471. The number of nitrogens with zero attached hydrogens (tertiary/aromatic N) is 11. The molecule has 19 heteroatoms. The van der Waals surface area contributed by atoms with E-state index in [9.17, 15) is 27.2 Å². The van der Waals surface area contributed by atoms with E-state index in [2.05, 4.69) is 36.9 Å². The summed E-state index contributed by atoms with van der Waals surface area (Å²) in [4.78, 5) is 27.4. The van der Waals surface area contributed by atoms with Crippen molar-refractivity contribution in [3.8, 4) is 6.07 Å². The number of hydrogen-bond donors (Lipinski definition) is 1.